The van der Waals surface area contributed by atoms with Crippen molar-refractivity contribution in [2.75, 3.05) is 0 Å². The molecule has 0 aliphatic heterocycles. The highest BCUT2D eigenvalue weighted by Crippen LogP contribution is 2.40. The second kappa shape index (κ2) is 11.2. The fourth-order valence-electron chi connectivity index (χ4n) is 5.38. The molecule has 2 heterocycles. The Morgan fingerprint density at radius 1 is 0.471 bits per heavy atom. The summed E-state index contributed by atoms with van der Waals surface area (Å²) in [4.78, 5) is 3.10. The van der Waals surface area contributed by atoms with E-state index in [1.807, 2.05) is 22.7 Å². The number of hydrogen-bond donors (Lipinski definition) is 0. The maximum absolute atomic E-state index is 2.44. The lowest BCUT2D eigenvalue weighted by Gasteiger charge is -2.06. The molecule has 0 unspecified atom stereocenters. The Balaban J connectivity index is 1.42. The van der Waals surface area contributed by atoms with Crippen molar-refractivity contribution in [2.24, 2.45) is 0 Å². The molecule has 0 N–H and O–H groups in total. The van der Waals surface area contributed by atoms with E-state index in [0.29, 0.717) is 0 Å². The molecule has 0 aliphatic rings. The van der Waals surface area contributed by atoms with Gasteiger partial charge in [0, 0.05) is 29.9 Å². The fourth-order valence-corrected chi connectivity index (χ4v) is 7.83. The summed E-state index contributed by atoms with van der Waals surface area (Å²) >= 11 is 4.05. The van der Waals surface area contributed by atoms with Gasteiger partial charge < -0.3 is 0 Å². The Hall–Kier alpha value is -1.90. The molecule has 0 bridgehead atoms. The van der Waals surface area contributed by atoms with Crippen molar-refractivity contribution in [3.8, 4) is 0 Å². The molecule has 0 aliphatic carbocycles. The molecule has 5 aromatic rings. The first-order valence-electron chi connectivity index (χ1n) is 13.6. The van der Waals surface area contributed by atoms with Gasteiger partial charge in [0.05, 0.1) is 0 Å². The van der Waals surface area contributed by atoms with E-state index < -0.39 is 0 Å². The molecule has 5 rings (SSSR count). The molecule has 0 saturated heterocycles. The zero-order chi connectivity index (χ0) is 23.3. The summed E-state index contributed by atoms with van der Waals surface area (Å²) in [7, 11) is 0. The van der Waals surface area contributed by atoms with Crippen LogP contribution in [0.15, 0.2) is 48.5 Å². The van der Waals surface area contributed by atoms with Crippen molar-refractivity contribution in [1.29, 1.82) is 0 Å². The fraction of sp³-hybridized carbons (Fsp3) is 0.438. The van der Waals surface area contributed by atoms with Gasteiger partial charge in [-0.15, -0.1) is 22.7 Å². The van der Waals surface area contributed by atoms with Crippen molar-refractivity contribution in [3.05, 3.63) is 58.3 Å². The molecule has 3 aromatic carbocycles. The highest BCUT2D eigenvalue weighted by molar-refractivity contribution is 7.20. The van der Waals surface area contributed by atoms with Crippen LogP contribution in [0.4, 0.5) is 0 Å². The minimum Gasteiger partial charge on any atom is -0.140 e. The lowest BCUT2D eigenvalue weighted by Crippen LogP contribution is -1.81. The molecule has 0 fully saturated rings. The maximum atomic E-state index is 2.44. The monoisotopic (exact) mass is 486 g/mol. The minimum atomic E-state index is 1.23. The summed E-state index contributed by atoms with van der Waals surface area (Å²) in [6.45, 7) is 4.58. The van der Waals surface area contributed by atoms with Gasteiger partial charge in [0.15, 0.2) is 0 Å². The predicted molar refractivity (Wildman–Crippen MR) is 157 cm³/mol. The van der Waals surface area contributed by atoms with Crippen molar-refractivity contribution < 1.29 is 0 Å². The van der Waals surface area contributed by atoms with Crippen molar-refractivity contribution in [3.63, 3.8) is 0 Å². The summed E-state index contributed by atoms with van der Waals surface area (Å²) in [5.74, 6) is 0. The number of fused-ring (bicyclic) bond motifs is 7. The normalized spacial score (nSPS) is 12.1. The molecule has 0 radical (unpaired) electrons. The van der Waals surface area contributed by atoms with E-state index in [1.54, 1.807) is 9.75 Å². The Bertz CT molecular complexity index is 1280. The van der Waals surface area contributed by atoms with Gasteiger partial charge in [-0.05, 0) is 59.4 Å². The average Bonchev–Trinajstić information content (AvgIpc) is 3.47. The summed E-state index contributed by atoms with van der Waals surface area (Å²) < 4.78 is 2.95. The van der Waals surface area contributed by atoms with Crippen LogP contribution in [0, 0.1) is 0 Å². The van der Waals surface area contributed by atoms with Crippen LogP contribution in [0.2, 0.25) is 0 Å². The standard InChI is InChI=1S/C32H38S2/c1-3-5-7-9-11-13-25-21-23-15-17-27-28-18-16-24-22-26(14-12-10-8-6-4-2)34-32(24)30(28)20-19-29(27)31(23)33-25/h15-22H,3-14H2,1-2H3. The topological polar surface area (TPSA) is 0 Å². The minimum absolute atomic E-state index is 1.23. The second-order valence-electron chi connectivity index (χ2n) is 9.98. The SMILES string of the molecule is CCCCCCCc1cc2ccc3c4ccc5cc(CCCCCCC)sc5c4ccc3c2s1. The first-order chi connectivity index (χ1) is 16.8. The third-order valence-electron chi connectivity index (χ3n) is 7.31. The van der Waals surface area contributed by atoms with Gasteiger partial charge in [-0.3, -0.25) is 0 Å². The quantitative estimate of drug-likeness (QED) is 0.121. The number of benzene rings is 3. The van der Waals surface area contributed by atoms with Gasteiger partial charge in [0.25, 0.3) is 0 Å². The van der Waals surface area contributed by atoms with E-state index in [4.69, 9.17) is 0 Å². The van der Waals surface area contributed by atoms with Gasteiger partial charge in [-0.1, -0.05) is 102 Å². The second-order valence-corrected chi connectivity index (χ2v) is 12.3. The third-order valence-corrected chi connectivity index (χ3v) is 9.80. The molecule has 0 nitrogen and oxygen atoms in total. The summed E-state index contributed by atoms with van der Waals surface area (Å²) in [5, 5.41) is 8.53. The number of rotatable bonds is 12. The van der Waals surface area contributed by atoms with Crippen LogP contribution >= 0.6 is 22.7 Å². The summed E-state index contributed by atoms with van der Waals surface area (Å²) in [5.41, 5.74) is 0. The number of thiophene rings is 2. The van der Waals surface area contributed by atoms with Gasteiger partial charge in [-0.2, -0.15) is 0 Å². The highest BCUT2D eigenvalue weighted by atomic mass is 32.1. The average molecular weight is 487 g/mol. The zero-order valence-electron chi connectivity index (χ0n) is 20.9. The lowest BCUT2D eigenvalue weighted by atomic mass is 9.99. The van der Waals surface area contributed by atoms with E-state index in [1.165, 1.54) is 119 Å². The number of hydrogen-bond acceptors (Lipinski definition) is 2. The third kappa shape index (κ3) is 5.04. The smallest absolute Gasteiger partial charge is 0.0424 e. The van der Waals surface area contributed by atoms with E-state index in [9.17, 15) is 0 Å². The van der Waals surface area contributed by atoms with Gasteiger partial charge in [0.1, 0.15) is 0 Å². The summed E-state index contributed by atoms with van der Waals surface area (Å²) in [6.07, 6.45) is 16.0. The number of aryl methyl sites for hydroxylation is 2. The van der Waals surface area contributed by atoms with Crippen LogP contribution in [-0.2, 0) is 12.8 Å². The van der Waals surface area contributed by atoms with Crippen LogP contribution in [0.25, 0.3) is 41.7 Å². The first kappa shape index (κ1) is 23.8. The molecular weight excluding hydrogens is 448 g/mol. The maximum Gasteiger partial charge on any atom is 0.0424 e. The van der Waals surface area contributed by atoms with E-state index in [0.717, 1.165) is 0 Å². The largest absolute Gasteiger partial charge is 0.140 e. The van der Waals surface area contributed by atoms with Crippen LogP contribution < -0.4 is 0 Å². The van der Waals surface area contributed by atoms with Crippen LogP contribution in [-0.4, -0.2) is 0 Å². The predicted octanol–water partition coefficient (Wildman–Crippen LogP) is 11.4. The van der Waals surface area contributed by atoms with Crippen molar-refractivity contribution in [1.82, 2.24) is 0 Å². The molecule has 178 valence electrons. The van der Waals surface area contributed by atoms with Crippen LogP contribution in [0.5, 0.6) is 0 Å². The number of unbranched alkanes of at least 4 members (excludes halogenated alkanes) is 8. The highest BCUT2D eigenvalue weighted by Gasteiger charge is 2.12. The molecule has 2 aromatic heterocycles. The molecule has 2 heteroatoms. The van der Waals surface area contributed by atoms with E-state index in [2.05, 4.69) is 62.4 Å². The van der Waals surface area contributed by atoms with Crippen LogP contribution in [0.3, 0.4) is 0 Å². The van der Waals surface area contributed by atoms with Gasteiger partial charge in [0.2, 0.25) is 0 Å². The lowest BCUT2D eigenvalue weighted by molar-refractivity contribution is 0.634. The van der Waals surface area contributed by atoms with E-state index in [-0.39, 0.29) is 0 Å². The Labute approximate surface area is 213 Å². The molecule has 0 spiro atoms. The summed E-state index contributed by atoms with van der Waals surface area (Å²) in [6, 6.07) is 19.1. The Kier molecular flexibility index (Phi) is 7.87. The van der Waals surface area contributed by atoms with Crippen LogP contribution in [0.1, 0.15) is 87.8 Å². The molecular formula is C32H38S2. The van der Waals surface area contributed by atoms with Crippen molar-refractivity contribution in [2.45, 2.75) is 90.9 Å². The zero-order valence-corrected chi connectivity index (χ0v) is 22.6. The van der Waals surface area contributed by atoms with Gasteiger partial charge in [-0.25, -0.2) is 0 Å². The van der Waals surface area contributed by atoms with Crippen molar-refractivity contribution >= 4 is 64.4 Å². The molecule has 34 heavy (non-hydrogen) atoms. The van der Waals surface area contributed by atoms with Gasteiger partial charge >= 0.3 is 0 Å². The Morgan fingerprint density at radius 3 is 1.32 bits per heavy atom. The first-order valence-corrected chi connectivity index (χ1v) is 15.2. The van der Waals surface area contributed by atoms with E-state index >= 15 is 0 Å². The molecule has 0 amide bonds. The Morgan fingerprint density at radius 2 is 0.882 bits per heavy atom. The molecule has 0 saturated carbocycles. The molecule has 0 atom stereocenters.